The largest absolute Gasteiger partial charge is 1.00 e. The number of carbonyl (C=O) groups excluding carboxylic acids is 2. The number of hydrogen-bond donors (Lipinski definition) is 1. The minimum atomic E-state index is -1.23. The Morgan fingerprint density at radius 1 is 1.06 bits per heavy atom. The molecule has 8 nitrogen and oxygen atoms in total. The molecule has 1 aromatic heterocycles. The third-order valence-corrected chi connectivity index (χ3v) is 5.40. The van der Waals surface area contributed by atoms with Gasteiger partial charge in [-0.2, -0.15) is 5.21 Å². The average molecular weight is 567 g/mol. The molecule has 0 aliphatic carbocycles. The Kier molecular flexibility index (Phi) is 11.3. The van der Waals surface area contributed by atoms with Gasteiger partial charge in [-0.1, -0.05) is 75.7 Å². The molecule has 1 heterocycles. The van der Waals surface area contributed by atoms with Crippen molar-refractivity contribution in [1.29, 1.82) is 0 Å². The maximum Gasteiger partial charge on any atom is 1.00 e. The molecule has 2 aromatic carbocycles. The molecule has 0 radical (unpaired) electrons. The minimum absolute atomic E-state index is 0. The van der Waals surface area contributed by atoms with E-state index in [2.05, 4.69) is 20.6 Å². The molecule has 0 saturated carbocycles. The van der Waals surface area contributed by atoms with Crippen LogP contribution in [0.3, 0.4) is 0 Å². The van der Waals surface area contributed by atoms with E-state index in [1.165, 1.54) is 4.90 Å². The third-order valence-electron chi connectivity index (χ3n) is 5.40. The van der Waals surface area contributed by atoms with Gasteiger partial charge in [-0.05, 0) is 34.2 Å². The van der Waals surface area contributed by atoms with E-state index in [4.69, 9.17) is 0 Å². The third kappa shape index (κ3) is 7.24. The van der Waals surface area contributed by atoms with E-state index in [-0.39, 0.29) is 87.3 Å². The van der Waals surface area contributed by atoms with Gasteiger partial charge in [0.05, 0.1) is 12.0 Å². The summed E-state index contributed by atoms with van der Waals surface area (Å²) in [5.41, 5.74) is 3.61. The van der Waals surface area contributed by atoms with E-state index in [1.807, 2.05) is 55.5 Å². The second-order valence-electron chi connectivity index (χ2n) is 8.11. The summed E-state index contributed by atoms with van der Waals surface area (Å²) in [6, 6.07) is 14.5. The van der Waals surface area contributed by atoms with Gasteiger partial charge >= 0.3 is 68.9 Å². The van der Waals surface area contributed by atoms with Crippen molar-refractivity contribution in [2.24, 2.45) is 5.92 Å². The Hall–Kier alpha value is -1.50. The predicted octanol–water partition coefficient (Wildman–Crippen LogP) is -0.169. The number of rotatable bonds is 10. The Morgan fingerprint density at radius 3 is 2.27 bits per heavy atom. The van der Waals surface area contributed by atoms with Crippen molar-refractivity contribution in [3.63, 3.8) is 0 Å². The number of aliphatic carboxylic acids is 1. The molecule has 0 spiro atoms. The van der Waals surface area contributed by atoms with Gasteiger partial charge in [0.25, 0.3) is 0 Å². The standard InChI is InChI=1S/C24H29N5O3.Cs/c1-4-5-10-21(30)29(22(16(2)3)24(31)32)15-17-11-13-18(14-12-17)19-8-6-7-9-20(19)23-25-27-28-26-23;/h6-9,11-14,16,22H,4-5,10,15H2,1-3H3,(H,31,32)(H,25,26,27,28);/q;+1/p-1/t22-;/m0./s1. The quantitative estimate of drug-likeness (QED) is 0.364. The van der Waals surface area contributed by atoms with E-state index in [0.29, 0.717) is 12.2 Å². The molecule has 33 heavy (non-hydrogen) atoms. The fourth-order valence-electron chi connectivity index (χ4n) is 3.76. The van der Waals surface area contributed by atoms with Crippen LogP contribution in [0, 0.1) is 5.92 Å². The zero-order valence-corrected chi connectivity index (χ0v) is 25.9. The maximum atomic E-state index is 12.8. The van der Waals surface area contributed by atoms with E-state index in [9.17, 15) is 14.7 Å². The van der Waals surface area contributed by atoms with Gasteiger partial charge in [0.2, 0.25) is 11.7 Å². The second-order valence-corrected chi connectivity index (χ2v) is 8.11. The van der Waals surface area contributed by atoms with Crippen LogP contribution in [-0.2, 0) is 16.1 Å². The number of carbonyl (C=O) groups is 2. The molecule has 0 saturated heterocycles. The van der Waals surface area contributed by atoms with Crippen LogP contribution in [0.5, 0.6) is 0 Å². The summed E-state index contributed by atoms with van der Waals surface area (Å²) in [7, 11) is 0. The van der Waals surface area contributed by atoms with Crippen molar-refractivity contribution in [2.45, 2.75) is 52.6 Å². The monoisotopic (exact) mass is 567 g/mol. The number of aromatic nitrogens is 4. The number of carboxylic acid groups (broad SMARTS) is 1. The Bertz CT molecular complexity index is 1040. The number of hydrogen-bond acceptors (Lipinski definition) is 6. The molecule has 1 atom stereocenters. The number of carboxylic acids is 1. The summed E-state index contributed by atoms with van der Waals surface area (Å²) in [5.74, 6) is -1.14. The SMILES string of the molecule is CCCCC(=O)N(Cc1ccc(-c2ccccc2-c2nn[nH]n2)cc1)[C@H](C(=O)[O-])C(C)C.[Cs+]. The van der Waals surface area contributed by atoms with E-state index >= 15 is 0 Å². The van der Waals surface area contributed by atoms with Crippen LogP contribution in [-0.4, -0.2) is 43.4 Å². The summed E-state index contributed by atoms with van der Waals surface area (Å²) in [5, 5.41) is 26.1. The molecule has 1 amide bonds. The van der Waals surface area contributed by atoms with E-state index in [1.54, 1.807) is 13.8 Å². The van der Waals surface area contributed by atoms with Crippen LogP contribution >= 0.6 is 0 Å². The van der Waals surface area contributed by atoms with Crippen LogP contribution in [0.2, 0.25) is 0 Å². The number of benzene rings is 2. The van der Waals surface area contributed by atoms with Gasteiger partial charge in [0, 0.05) is 18.5 Å². The van der Waals surface area contributed by atoms with E-state index < -0.39 is 12.0 Å². The first-order chi connectivity index (χ1) is 15.4. The van der Waals surface area contributed by atoms with Crippen molar-refractivity contribution in [3.05, 3.63) is 54.1 Å². The molecule has 0 bridgehead atoms. The molecule has 3 aromatic rings. The molecule has 0 aliphatic rings. The second kappa shape index (κ2) is 13.4. The Balaban J connectivity index is 0.00000385. The number of nitrogens with one attached hydrogen (secondary N) is 1. The van der Waals surface area contributed by atoms with Crippen molar-refractivity contribution < 1.29 is 83.6 Å². The fourth-order valence-corrected chi connectivity index (χ4v) is 3.76. The topological polar surface area (TPSA) is 115 Å². The Labute approximate surface area is 253 Å². The van der Waals surface area contributed by atoms with Gasteiger partial charge in [0.1, 0.15) is 0 Å². The zero-order chi connectivity index (χ0) is 23.1. The van der Waals surface area contributed by atoms with Crippen molar-refractivity contribution in [2.75, 3.05) is 0 Å². The molecule has 0 aliphatic heterocycles. The van der Waals surface area contributed by atoms with Gasteiger partial charge in [-0.3, -0.25) is 4.79 Å². The first kappa shape index (κ1) is 27.7. The van der Waals surface area contributed by atoms with Crippen molar-refractivity contribution in [1.82, 2.24) is 25.5 Å². The molecule has 1 N–H and O–H groups in total. The van der Waals surface area contributed by atoms with Crippen molar-refractivity contribution >= 4 is 11.9 Å². The smallest absolute Gasteiger partial charge is 0.548 e. The average Bonchev–Trinajstić information content (AvgIpc) is 3.32. The van der Waals surface area contributed by atoms with Crippen molar-refractivity contribution in [3.8, 4) is 22.5 Å². The molecule has 3 rings (SSSR count). The summed E-state index contributed by atoms with van der Waals surface area (Å²) in [4.78, 5) is 26.1. The normalized spacial score (nSPS) is 11.6. The van der Waals surface area contributed by atoms with Crippen LogP contribution in [0.4, 0.5) is 0 Å². The van der Waals surface area contributed by atoms with Gasteiger partial charge in [-0.25, -0.2) is 0 Å². The minimum Gasteiger partial charge on any atom is -0.548 e. The molecular formula is C24H28CsN5O3. The number of aromatic amines is 1. The van der Waals surface area contributed by atoms with E-state index in [0.717, 1.165) is 35.1 Å². The summed E-state index contributed by atoms with van der Waals surface area (Å²) in [6.45, 7) is 5.80. The number of unbranched alkanes of at least 4 members (excludes halogenated alkanes) is 1. The van der Waals surface area contributed by atoms with Crippen LogP contribution in [0.15, 0.2) is 48.5 Å². The zero-order valence-electron chi connectivity index (χ0n) is 19.6. The molecule has 0 unspecified atom stereocenters. The first-order valence-corrected chi connectivity index (χ1v) is 10.8. The summed E-state index contributed by atoms with van der Waals surface area (Å²) < 4.78 is 0. The molecule has 168 valence electrons. The van der Waals surface area contributed by atoms with Crippen LogP contribution in [0.1, 0.15) is 45.6 Å². The Morgan fingerprint density at radius 2 is 1.73 bits per heavy atom. The van der Waals surface area contributed by atoms with Gasteiger partial charge in [-0.15, -0.1) is 10.2 Å². The number of tetrazole rings is 1. The van der Waals surface area contributed by atoms with Gasteiger partial charge in [0.15, 0.2) is 0 Å². The summed E-state index contributed by atoms with van der Waals surface area (Å²) >= 11 is 0. The first-order valence-electron chi connectivity index (χ1n) is 10.8. The van der Waals surface area contributed by atoms with Crippen LogP contribution < -0.4 is 74.0 Å². The van der Waals surface area contributed by atoms with Crippen LogP contribution in [0.25, 0.3) is 22.5 Å². The number of amides is 1. The summed E-state index contributed by atoms with van der Waals surface area (Å²) in [6.07, 6.45) is 1.91. The number of nitrogens with zero attached hydrogens (tertiary/aromatic N) is 4. The van der Waals surface area contributed by atoms with Gasteiger partial charge < -0.3 is 14.8 Å². The predicted molar refractivity (Wildman–Crippen MR) is 119 cm³/mol. The number of H-pyrrole nitrogens is 1. The molecule has 0 fully saturated rings. The maximum absolute atomic E-state index is 12.8. The molecular weight excluding hydrogens is 539 g/mol. The fraction of sp³-hybridized carbons (Fsp3) is 0.375. The molecule has 9 heteroatoms.